The van der Waals surface area contributed by atoms with Crippen molar-refractivity contribution >= 4 is 17.7 Å². The van der Waals surface area contributed by atoms with Gasteiger partial charge in [0.1, 0.15) is 24.1 Å². The number of aryl methyl sites for hydroxylation is 1. The van der Waals surface area contributed by atoms with Gasteiger partial charge in [0, 0.05) is 30.8 Å². The van der Waals surface area contributed by atoms with Gasteiger partial charge in [0.2, 0.25) is 0 Å². The number of hydrogen-bond donors (Lipinski definition) is 4. The van der Waals surface area contributed by atoms with Gasteiger partial charge in [-0.25, -0.2) is 9.97 Å². The lowest BCUT2D eigenvalue weighted by Crippen LogP contribution is -2.38. The van der Waals surface area contributed by atoms with Gasteiger partial charge >= 0.3 is 0 Å². The predicted octanol–water partition coefficient (Wildman–Crippen LogP) is 3.11. The normalized spacial score (nSPS) is 19.5. The van der Waals surface area contributed by atoms with Crippen molar-refractivity contribution in [2.24, 2.45) is 0 Å². The van der Waals surface area contributed by atoms with Gasteiger partial charge in [0.05, 0.1) is 5.56 Å². The van der Waals surface area contributed by atoms with Gasteiger partial charge in [-0.05, 0) is 50.1 Å². The van der Waals surface area contributed by atoms with Crippen LogP contribution in [0.4, 0.5) is 20.4 Å². The van der Waals surface area contributed by atoms with E-state index in [2.05, 4.69) is 26.7 Å². The first kappa shape index (κ1) is 23.3. The molecule has 0 spiro atoms. The fraction of sp³-hybridized carbons (Fsp3) is 0.417. The van der Waals surface area contributed by atoms with Crippen LogP contribution in [0.1, 0.15) is 41.9 Å². The molecule has 9 heteroatoms. The van der Waals surface area contributed by atoms with Crippen LogP contribution < -0.4 is 15.5 Å². The molecule has 0 fully saturated rings. The molecule has 0 amide bonds. The van der Waals surface area contributed by atoms with Crippen LogP contribution in [-0.2, 0) is 5.92 Å². The number of anilines is 2. The molecule has 4 N–H and O–H groups in total. The Labute approximate surface area is 191 Å². The molecular formula is C24H29F2N5O2. The molecule has 1 aromatic heterocycles. The Morgan fingerprint density at radius 2 is 2.12 bits per heavy atom. The lowest BCUT2D eigenvalue weighted by atomic mass is 9.93. The molecule has 3 heterocycles. The summed E-state index contributed by atoms with van der Waals surface area (Å²) in [5.41, 5.74) is 3.03. The maximum atomic E-state index is 14.0. The van der Waals surface area contributed by atoms with E-state index in [1.807, 2.05) is 13.0 Å². The van der Waals surface area contributed by atoms with Crippen LogP contribution in [0.2, 0.25) is 0 Å². The van der Waals surface area contributed by atoms with Crippen LogP contribution in [-0.4, -0.2) is 53.2 Å². The van der Waals surface area contributed by atoms with Gasteiger partial charge in [0.25, 0.3) is 5.92 Å². The Hall–Kier alpha value is -2.88. The van der Waals surface area contributed by atoms with Crippen molar-refractivity contribution in [1.29, 1.82) is 0 Å². The number of aliphatic hydroxyl groups excluding tert-OH is 2. The third-order valence-electron chi connectivity index (χ3n) is 6.11. The van der Waals surface area contributed by atoms with E-state index < -0.39 is 18.8 Å². The smallest absolute Gasteiger partial charge is 0.295 e. The standard InChI is InChI=1S/C24H29F2N5O2/c1-14(17-5-4-6-18(11-17)24(25,26)13-32)28-21-20-12-19(16-7-9-27-10-8-16)23(33)31(3)22(20)30-15(2)29-21/h4-7,11-12,14,23,27,32-33H,8-10,13H2,1-3H3,(H,28,29,30)/t14-,23?/m1/s1. The number of nitrogens with zero attached hydrogens (tertiary/aromatic N) is 3. The van der Waals surface area contributed by atoms with Crippen LogP contribution in [0.3, 0.4) is 0 Å². The Bertz CT molecular complexity index is 1100. The van der Waals surface area contributed by atoms with Gasteiger partial charge in [-0.2, -0.15) is 8.78 Å². The highest BCUT2D eigenvalue weighted by molar-refractivity contribution is 5.81. The van der Waals surface area contributed by atoms with Crippen molar-refractivity contribution in [2.75, 3.05) is 37.0 Å². The number of aromatic nitrogens is 2. The summed E-state index contributed by atoms with van der Waals surface area (Å²) in [6.07, 6.45) is 3.99. The molecule has 176 valence electrons. The number of benzene rings is 1. The SMILES string of the molecule is Cc1nc(N[C@H](C)c2cccc(C(F)(F)CO)c2)c2c(n1)N(C)C(O)C(C1=CCNCC1)=C2. The van der Waals surface area contributed by atoms with E-state index in [0.29, 0.717) is 23.0 Å². The zero-order valence-corrected chi connectivity index (χ0v) is 18.9. The van der Waals surface area contributed by atoms with Gasteiger partial charge in [-0.15, -0.1) is 0 Å². The minimum atomic E-state index is -3.31. The molecule has 2 aliphatic heterocycles. The van der Waals surface area contributed by atoms with E-state index in [4.69, 9.17) is 5.11 Å². The summed E-state index contributed by atoms with van der Waals surface area (Å²) in [5.74, 6) is -1.61. The Morgan fingerprint density at radius 3 is 2.82 bits per heavy atom. The summed E-state index contributed by atoms with van der Waals surface area (Å²) in [6.45, 7) is 3.98. The van der Waals surface area contributed by atoms with Crippen LogP contribution in [0.5, 0.6) is 0 Å². The van der Waals surface area contributed by atoms with Gasteiger partial charge in [-0.1, -0.05) is 24.3 Å². The molecule has 2 aliphatic rings. The van der Waals surface area contributed by atoms with Gasteiger partial charge in [-0.3, -0.25) is 0 Å². The molecule has 7 nitrogen and oxygen atoms in total. The highest BCUT2D eigenvalue weighted by Crippen LogP contribution is 2.38. The summed E-state index contributed by atoms with van der Waals surface area (Å²) < 4.78 is 28.0. The topological polar surface area (TPSA) is 93.5 Å². The number of likely N-dealkylation sites (N-methyl/N-ethyl adjacent to an activating group) is 1. The van der Waals surface area contributed by atoms with Crippen molar-refractivity contribution in [3.8, 4) is 0 Å². The lowest BCUT2D eigenvalue weighted by molar-refractivity contribution is -0.0556. The van der Waals surface area contributed by atoms with Crippen LogP contribution in [0, 0.1) is 6.92 Å². The number of aliphatic hydroxyl groups is 2. The Balaban J connectivity index is 1.71. The molecule has 2 atom stereocenters. The van der Waals surface area contributed by atoms with Crippen LogP contribution in [0.25, 0.3) is 6.08 Å². The maximum absolute atomic E-state index is 14.0. The van der Waals surface area contributed by atoms with Gasteiger partial charge < -0.3 is 25.7 Å². The van der Waals surface area contributed by atoms with Crippen molar-refractivity contribution < 1.29 is 19.0 Å². The summed E-state index contributed by atoms with van der Waals surface area (Å²) in [5, 5.41) is 26.6. The third kappa shape index (κ3) is 4.62. The molecule has 1 aromatic carbocycles. The first-order chi connectivity index (χ1) is 15.7. The number of hydrogen-bond acceptors (Lipinski definition) is 7. The highest BCUT2D eigenvalue weighted by Gasteiger charge is 2.32. The first-order valence-corrected chi connectivity index (χ1v) is 11.0. The number of fused-ring (bicyclic) bond motifs is 1. The van der Waals surface area contributed by atoms with Crippen LogP contribution in [0.15, 0.2) is 41.5 Å². The molecule has 0 saturated carbocycles. The van der Waals surface area contributed by atoms with E-state index >= 15 is 0 Å². The summed E-state index contributed by atoms with van der Waals surface area (Å²) in [7, 11) is 1.79. The summed E-state index contributed by atoms with van der Waals surface area (Å²) in [4.78, 5) is 10.8. The van der Waals surface area contributed by atoms with Crippen molar-refractivity contribution in [1.82, 2.24) is 15.3 Å². The summed E-state index contributed by atoms with van der Waals surface area (Å²) in [6, 6.07) is 5.67. The largest absolute Gasteiger partial charge is 0.390 e. The molecular weight excluding hydrogens is 428 g/mol. The minimum Gasteiger partial charge on any atom is -0.390 e. The van der Waals surface area contributed by atoms with E-state index in [0.717, 1.165) is 36.2 Å². The number of nitrogens with one attached hydrogen (secondary N) is 2. The van der Waals surface area contributed by atoms with Crippen molar-refractivity contribution in [2.45, 2.75) is 38.5 Å². The second kappa shape index (κ2) is 9.17. The fourth-order valence-corrected chi connectivity index (χ4v) is 4.19. The van der Waals surface area contributed by atoms with Crippen molar-refractivity contribution in [3.05, 3.63) is 64.0 Å². The average Bonchev–Trinajstić information content (AvgIpc) is 2.82. The summed E-state index contributed by atoms with van der Waals surface area (Å²) >= 11 is 0. The van der Waals surface area contributed by atoms with E-state index in [1.165, 1.54) is 12.1 Å². The van der Waals surface area contributed by atoms with Crippen molar-refractivity contribution in [3.63, 3.8) is 0 Å². The van der Waals surface area contributed by atoms with E-state index in [1.54, 1.807) is 31.0 Å². The molecule has 33 heavy (non-hydrogen) atoms. The Morgan fingerprint density at radius 1 is 1.33 bits per heavy atom. The number of rotatable bonds is 6. The second-order valence-electron chi connectivity index (χ2n) is 8.48. The molecule has 2 aromatic rings. The zero-order chi connectivity index (χ0) is 23.8. The van der Waals surface area contributed by atoms with Crippen LogP contribution >= 0.6 is 0 Å². The minimum absolute atomic E-state index is 0.236. The quantitative estimate of drug-likeness (QED) is 0.530. The highest BCUT2D eigenvalue weighted by atomic mass is 19.3. The molecule has 4 rings (SSSR count). The fourth-order valence-electron chi connectivity index (χ4n) is 4.19. The molecule has 0 aliphatic carbocycles. The molecule has 0 bridgehead atoms. The van der Waals surface area contributed by atoms with Gasteiger partial charge in [0.15, 0.2) is 6.23 Å². The zero-order valence-electron chi connectivity index (χ0n) is 18.9. The van der Waals surface area contributed by atoms with E-state index in [-0.39, 0.29) is 11.6 Å². The molecule has 1 unspecified atom stereocenters. The van der Waals surface area contributed by atoms with E-state index in [9.17, 15) is 13.9 Å². The maximum Gasteiger partial charge on any atom is 0.295 e. The number of halogens is 2. The number of alkyl halides is 2. The average molecular weight is 458 g/mol. The third-order valence-corrected chi connectivity index (χ3v) is 6.11. The Kier molecular flexibility index (Phi) is 6.47. The monoisotopic (exact) mass is 457 g/mol. The lowest BCUT2D eigenvalue weighted by Gasteiger charge is -2.34. The molecule has 0 radical (unpaired) electrons. The second-order valence-corrected chi connectivity index (χ2v) is 8.48. The predicted molar refractivity (Wildman–Crippen MR) is 124 cm³/mol. The first-order valence-electron chi connectivity index (χ1n) is 11.0. The molecule has 0 saturated heterocycles.